The molecule has 1 atom stereocenters. The van der Waals surface area contributed by atoms with E-state index in [2.05, 4.69) is 30.5 Å². The Balaban J connectivity index is 1.81. The third kappa shape index (κ3) is 1.91. The first-order chi connectivity index (χ1) is 6.08. The molecule has 2 rings (SSSR count). The Hall–Kier alpha value is -0.830. The Morgan fingerprint density at radius 3 is 2.85 bits per heavy atom. The third-order valence-corrected chi connectivity index (χ3v) is 2.82. The van der Waals surface area contributed by atoms with E-state index in [1.165, 1.54) is 12.0 Å². The quantitative estimate of drug-likeness (QED) is 0.758. The minimum Gasteiger partial charge on any atom is -0.309 e. The van der Waals surface area contributed by atoms with Crippen LogP contribution in [0.1, 0.15) is 25.8 Å². The molecular weight excluding hydrogens is 162 g/mol. The van der Waals surface area contributed by atoms with Gasteiger partial charge in [0.1, 0.15) is 0 Å². The van der Waals surface area contributed by atoms with Crippen molar-refractivity contribution < 1.29 is 0 Å². The molecule has 1 heterocycles. The average Bonchev–Trinajstić information content (AvgIpc) is 2.45. The third-order valence-electron chi connectivity index (χ3n) is 2.82. The van der Waals surface area contributed by atoms with E-state index in [0.29, 0.717) is 11.5 Å². The molecule has 1 aliphatic rings. The molecule has 0 spiro atoms. The molecule has 1 aliphatic carbocycles. The highest BCUT2D eigenvalue weighted by molar-refractivity contribution is 5.07. The van der Waals surface area contributed by atoms with Crippen molar-refractivity contribution >= 4 is 0 Å². The van der Waals surface area contributed by atoms with Gasteiger partial charge in [0.2, 0.25) is 0 Å². The van der Waals surface area contributed by atoms with Gasteiger partial charge in [0.25, 0.3) is 0 Å². The van der Waals surface area contributed by atoms with E-state index >= 15 is 0 Å². The van der Waals surface area contributed by atoms with Gasteiger partial charge < -0.3 is 5.32 Å². The summed E-state index contributed by atoms with van der Waals surface area (Å²) < 4.78 is 1.84. The van der Waals surface area contributed by atoms with Crippen molar-refractivity contribution in [3.8, 4) is 0 Å². The lowest BCUT2D eigenvalue weighted by molar-refractivity contribution is 0.542. The smallest absolute Gasteiger partial charge is 0.0534 e. The van der Waals surface area contributed by atoms with Gasteiger partial charge in [-0.3, -0.25) is 4.68 Å². The summed E-state index contributed by atoms with van der Waals surface area (Å²) in [5.41, 5.74) is 1.78. The summed E-state index contributed by atoms with van der Waals surface area (Å²) in [7, 11) is 1.95. The van der Waals surface area contributed by atoms with Crippen LogP contribution in [0.4, 0.5) is 0 Å². The summed E-state index contributed by atoms with van der Waals surface area (Å²) in [4.78, 5) is 0. The number of hydrogen-bond acceptors (Lipinski definition) is 2. The summed E-state index contributed by atoms with van der Waals surface area (Å²) >= 11 is 0. The van der Waals surface area contributed by atoms with Gasteiger partial charge in [-0.15, -0.1) is 0 Å². The highest BCUT2D eigenvalue weighted by atomic mass is 15.2. The predicted octanol–water partition coefficient (Wildman–Crippen LogP) is 1.31. The van der Waals surface area contributed by atoms with Crippen LogP contribution in [0.3, 0.4) is 0 Å². The van der Waals surface area contributed by atoms with Crippen molar-refractivity contribution in [3.05, 3.63) is 18.0 Å². The largest absolute Gasteiger partial charge is 0.309 e. The van der Waals surface area contributed by atoms with Crippen molar-refractivity contribution in [2.45, 2.75) is 32.9 Å². The van der Waals surface area contributed by atoms with Gasteiger partial charge in [0.15, 0.2) is 0 Å². The van der Waals surface area contributed by atoms with Gasteiger partial charge in [-0.05, 0) is 11.8 Å². The summed E-state index contributed by atoms with van der Waals surface area (Å²) in [6.07, 6.45) is 5.28. The van der Waals surface area contributed by atoms with Crippen molar-refractivity contribution in [1.29, 1.82) is 0 Å². The Labute approximate surface area is 79.1 Å². The van der Waals surface area contributed by atoms with E-state index in [1.807, 2.05) is 17.9 Å². The summed E-state index contributed by atoms with van der Waals surface area (Å²) in [5, 5.41) is 7.65. The van der Waals surface area contributed by atoms with Gasteiger partial charge in [0.05, 0.1) is 6.20 Å². The van der Waals surface area contributed by atoms with Crippen molar-refractivity contribution in [2.75, 3.05) is 0 Å². The SMILES string of the molecule is Cn1cc(CNC2CC2(C)C)cn1. The second kappa shape index (κ2) is 2.84. The number of nitrogens with one attached hydrogen (secondary N) is 1. The molecule has 13 heavy (non-hydrogen) atoms. The maximum absolute atomic E-state index is 4.13. The van der Waals surface area contributed by atoms with Gasteiger partial charge >= 0.3 is 0 Å². The minimum atomic E-state index is 0.516. The van der Waals surface area contributed by atoms with E-state index in [9.17, 15) is 0 Å². The Morgan fingerprint density at radius 2 is 2.38 bits per heavy atom. The van der Waals surface area contributed by atoms with Crippen LogP contribution in [0.5, 0.6) is 0 Å². The minimum absolute atomic E-state index is 0.516. The molecule has 3 heteroatoms. The number of hydrogen-bond donors (Lipinski definition) is 1. The zero-order chi connectivity index (χ0) is 9.47. The molecule has 0 aliphatic heterocycles. The molecule has 1 N–H and O–H groups in total. The molecule has 3 nitrogen and oxygen atoms in total. The van der Waals surface area contributed by atoms with Crippen LogP contribution in [0.15, 0.2) is 12.4 Å². The van der Waals surface area contributed by atoms with Gasteiger partial charge in [-0.1, -0.05) is 13.8 Å². The van der Waals surface area contributed by atoms with Crippen molar-refractivity contribution in [2.24, 2.45) is 12.5 Å². The molecule has 0 saturated heterocycles. The van der Waals surface area contributed by atoms with Gasteiger partial charge in [-0.2, -0.15) is 5.10 Å². The van der Waals surface area contributed by atoms with Crippen LogP contribution >= 0.6 is 0 Å². The molecule has 0 amide bonds. The Morgan fingerprint density at radius 1 is 1.69 bits per heavy atom. The molecule has 1 fully saturated rings. The zero-order valence-corrected chi connectivity index (χ0v) is 8.54. The lowest BCUT2D eigenvalue weighted by Crippen LogP contribution is -2.19. The van der Waals surface area contributed by atoms with E-state index < -0.39 is 0 Å². The molecule has 1 unspecified atom stereocenters. The van der Waals surface area contributed by atoms with E-state index in [1.54, 1.807) is 0 Å². The van der Waals surface area contributed by atoms with Crippen molar-refractivity contribution in [3.63, 3.8) is 0 Å². The average molecular weight is 179 g/mol. The fourth-order valence-corrected chi connectivity index (χ4v) is 1.62. The van der Waals surface area contributed by atoms with Crippen LogP contribution in [-0.4, -0.2) is 15.8 Å². The number of rotatable bonds is 3. The van der Waals surface area contributed by atoms with Crippen LogP contribution in [0.2, 0.25) is 0 Å². The highest BCUT2D eigenvalue weighted by Gasteiger charge is 2.44. The molecule has 72 valence electrons. The fraction of sp³-hybridized carbons (Fsp3) is 0.700. The first-order valence-electron chi connectivity index (χ1n) is 4.79. The van der Waals surface area contributed by atoms with Crippen LogP contribution in [0, 0.1) is 5.41 Å². The summed E-state index contributed by atoms with van der Waals surface area (Å²) in [6, 6.07) is 0.702. The maximum atomic E-state index is 4.13. The number of aromatic nitrogens is 2. The summed E-state index contributed by atoms with van der Waals surface area (Å²) in [6.45, 7) is 5.55. The molecule has 1 aromatic rings. The monoisotopic (exact) mass is 179 g/mol. The molecule has 1 saturated carbocycles. The normalized spacial score (nSPS) is 24.7. The second-order valence-electron chi connectivity index (χ2n) is 4.65. The topological polar surface area (TPSA) is 29.9 Å². The highest BCUT2D eigenvalue weighted by Crippen LogP contribution is 2.44. The maximum Gasteiger partial charge on any atom is 0.0534 e. The van der Waals surface area contributed by atoms with Crippen LogP contribution in [-0.2, 0) is 13.6 Å². The van der Waals surface area contributed by atoms with E-state index in [0.717, 1.165) is 6.54 Å². The zero-order valence-electron chi connectivity index (χ0n) is 8.54. The Bertz CT molecular complexity index is 301. The molecule has 0 aromatic carbocycles. The van der Waals surface area contributed by atoms with Gasteiger partial charge in [-0.25, -0.2) is 0 Å². The number of aryl methyl sites for hydroxylation is 1. The molecule has 0 bridgehead atoms. The Kier molecular flexibility index (Phi) is 1.91. The lowest BCUT2D eigenvalue weighted by atomic mass is 10.2. The van der Waals surface area contributed by atoms with Crippen LogP contribution in [0.25, 0.3) is 0 Å². The standard InChI is InChI=1S/C10H17N3/c1-10(2)4-9(10)11-5-8-6-12-13(3)7-8/h6-7,9,11H,4-5H2,1-3H3. The first-order valence-corrected chi connectivity index (χ1v) is 4.79. The first kappa shape index (κ1) is 8.75. The van der Waals surface area contributed by atoms with Crippen molar-refractivity contribution in [1.82, 2.24) is 15.1 Å². The summed E-state index contributed by atoms with van der Waals surface area (Å²) in [5.74, 6) is 0. The van der Waals surface area contributed by atoms with E-state index in [4.69, 9.17) is 0 Å². The predicted molar refractivity (Wildman–Crippen MR) is 52.2 cm³/mol. The fourth-order valence-electron chi connectivity index (χ4n) is 1.62. The van der Waals surface area contributed by atoms with Crippen LogP contribution < -0.4 is 5.32 Å². The second-order valence-corrected chi connectivity index (χ2v) is 4.65. The van der Waals surface area contributed by atoms with Gasteiger partial charge in [0, 0.05) is 31.4 Å². The molecular formula is C10H17N3. The van der Waals surface area contributed by atoms with E-state index in [-0.39, 0.29) is 0 Å². The number of nitrogens with zero attached hydrogens (tertiary/aromatic N) is 2. The molecule has 0 radical (unpaired) electrons. The lowest BCUT2D eigenvalue weighted by Gasteiger charge is -2.04. The molecule has 1 aromatic heterocycles.